The molecule has 0 spiro atoms. The Kier molecular flexibility index (Phi) is 6.27. The third kappa shape index (κ3) is 6.19. The summed E-state index contributed by atoms with van der Waals surface area (Å²) < 4.78 is 14.1. The summed E-state index contributed by atoms with van der Waals surface area (Å²) in [5, 5.41) is 13.4. The van der Waals surface area contributed by atoms with Crippen LogP contribution in [-0.4, -0.2) is 23.7 Å². The molecule has 0 bridgehead atoms. The summed E-state index contributed by atoms with van der Waals surface area (Å²) in [5.41, 5.74) is 0.370. The van der Waals surface area contributed by atoms with Gasteiger partial charge in [-0.1, -0.05) is 15.9 Å². The number of rotatable bonds is 6. The van der Waals surface area contributed by atoms with Gasteiger partial charge >= 0.3 is 12.0 Å². The zero-order valence-corrected chi connectivity index (χ0v) is 11.7. The summed E-state index contributed by atoms with van der Waals surface area (Å²) in [6.07, 6.45) is 0.356. The second-order valence-corrected chi connectivity index (χ2v) is 4.76. The molecule has 1 aromatic carbocycles. The van der Waals surface area contributed by atoms with Crippen LogP contribution < -0.4 is 10.6 Å². The second-order valence-electron chi connectivity index (χ2n) is 3.84. The molecule has 5 nitrogen and oxygen atoms in total. The molecule has 2 amide bonds. The van der Waals surface area contributed by atoms with Crippen molar-refractivity contribution < 1.29 is 19.1 Å². The van der Waals surface area contributed by atoms with Gasteiger partial charge in [0.05, 0.1) is 0 Å². The lowest BCUT2D eigenvalue weighted by atomic mass is 10.2. The van der Waals surface area contributed by atoms with Gasteiger partial charge in [0.1, 0.15) is 5.82 Å². The van der Waals surface area contributed by atoms with Gasteiger partial charge in [-0.2, -0.15) is 0 Å². The summed E-state index contributed by atoms with van der Waals surface area (Å²) >= 11 is 3.22. The lowest BCUT2D eigenvalue weighted by Crippen LogP contribution is -2.35. The molecule has 0 saturated heterocycles. The van der Waals surface area contributed by atoms with Gasteiger partial charge in [0.2, 0.25) is 0 Å². The van der Waals surface area contributed by atoms with Gasteiger partial charge < -0.3 is 15.7 Å². The van der Waals surface area contributed by atoms with Crippen molar-refractivity contribution in [3.63, 3.8) is 0 Å². The van der Waals surface area contributed by atoms with Crippen LogP contribution in [0.2, 0.25) is 0 Å². The normalized spacial score (nSPS) is 10.0. The fraction of sp³-hybridized carbons (Fsp3) is 0.333. The first-order chi connectivity index (χ1) is 8.99. The van der Waals surface area contributed by atoms with Crippen LogP contribution in [0.3, 0.4) is 0 Å². The molecule has 0 atom stereocenters. The largest absolute Gasteiger partial charge is 0.481 e. The van der Waals surface area contributed by atoms with E-state index >= 15 is 0 Å². The molecule has 0 aliphatic carbocycles. The molecule has 1 aromatic rings. The van der Waals surface area contributed by atoms with Crippen LogP contribution in [0.15, 0.2) is 22.7 Å². The maximum Gasteiger partial charge on any atom is 0.315 e. The first-order valence-corrected chi connectivity index (χ1v) is 6.46. The molecule has 1 rings (SSSR count). The molecule has 19 heavy (non-hydrogen) atoms. The number of carbonyl (C=O) groups excluding carboxylic acids is 1. The molecule has 0 unspecified atom stereocenters. The van der Waals surface area contributed by atoms with Crippen molar-refractivity contribution in [2.45, 2.75) is 19.4 Å². The third-order valence-electron chi connectivity index (χ3n) is 2.30. The minimum atomic E-state index is -0.904. The highest BCUT2D eigenvalue weighted by molar-refractivity contribution is 9.10. The minimum Gasteiger partial charge on any atom is -0.481 e. The van der Waals surface area contributed by atoms with Gasteiger partial charge in [0, 0.05) is 29.5 Å². The first-order valence-electron chi connectivity index (χ1n) is 5.66. The number of urea groups is 1. The van der Waals surface area contributed by atoms with Crippen LogP contribution in [-0.2, 0) is 11.3 Å². The molecule has 3 N–H and O–H groups in total. The van der Waals surface area contributed by atoms with Crippen molar-refractivity contribution in [2.75, 3.05) is 6.54 Å². The summed E-state index contributed by atoms with van der Waals surface area (Å²) in [7, 11) is 0. The molecule has 0 saturated carbocycles. The maximum absolute atomic E-state index is 13.4. The Morgan fingerprint density at radius 2 is 2.05 bits per heavy atom. The fourth-order valence-electron chi connectivity index (χ4n) is 1.36. The van der Waals surface area contributed by atoms with Gasteiger partial charge in [0.15, 0.2) is 0 Å². The summed E-state index contributed by atoms with van der Waals surface area (Å²) in [6.45, 7) is 0.329. The zero-order valence-electron chi connectivity index (χ0n) is 10.1. The molecule has 104 valence electrons. The highest BCUT2D eigenvalue weighted by Gasteiger charge is 2.05. The number of amides is 2. The average Bonchev–Trinajstić information content (AvgIpc) is 2.35. The van der Waals surface area contributed by atoms with E-state index in [1.54, 1.807) is 12.1 Å². The lowest BCUT2D eigenvalue weighted by Gasteiger charge is -2.08. The Morgan fingerprint density at radius 1 is 1.32 bits per heavy atom. The van der Waals surface area contributed by atoms with E-state index in [0.29, 0.717) is 12.0 Å². The van der Waals surface area contributed by atoms with E-state index < -0.39 is 17.8 Å². The molecule has 0 fully saturated rings. The second kappa shape index (κ2) is 7.73. The molecule has 0 radical (unpaired) electrons. The van der Waals surface area contributed by atoms with Crippen molar-refractivity contribution in [2.24, 2.45) is 0 Å². The fourth-order valence-corrected chi connectivity index (χ4v) is 1.77. The molecule has 7 heteroatoms. The van der Waals surface area contributed by atoms with Gasteiger partial charge in [0.25, 0.3) is 0 Å². The Bertz CT molecular complexity index is 468. The summed E-state index contributed by atoms with van der Waals surface area (Å²) in [4.78, 5) is 21.6. The smallest absolute Gasteiger partial charge is 0.315 e. The molecular weight excluding hydrogens is 319 g/mol. The van der Waals surface area contributed by atoms with Crippen molar-refractivity contribution in [1.82, 2.24) is 10.6 Å². The van der Waals surface area contributed by atoms with Crippen molar-refractivity contribution in [3.8, 4) is 0 Å². The highest BCUT2D eigenvalue weighted by Crippen LogP contribution is 2.15. The molecule has 0 aliphatic rings. The van der Waals surface area contributed by atoms with E-state index in [9.17, 15) is 14.0 Å². The molecular formula is C12H14BrFN2O3. The van der Waals surface area contributed by atoms with Crippen molar-refractivity contribution in [1.29, 1.82) is 0 Å². The van der Waals surface area contributed by atoms with Crippen molar-refractivity contribution >= 4 is 27.9 Å². The van der Waals surface area contributed by atoms with Crippen LogP contribution in [0.5, 0.6) is 0 Å². The number of carbonyl (C=O) groups is 2. The number of nitrogens with one attached hydrogen (secondary N) is 2. The third-order valence-corrected chi connectivity index (χ3v) is 2.79. The molecule has 0 aromatic heterocycles. The summed E-state index contributed by atoms with van der Waals surface area (Å²) in [6, 6.07) is 4.02. The maximum atomic E-state index is 13.4. The van der Waals surface area contributed by atoms with Gasteiger partial charge in [-0.3, -0.25) is 4.79 Å². The van der Waals surface area contributed by atoms with Crippen LogP contribution in [0.4, 0.5) is 9.18 Å². The number of carboxylic acids is 1. The summed E-state index contributed by atoms with van der Waals surface area (Å²) in [5.74, 6) is -1.30. The lowest BCUT2D eigenvalue weighted by molar-refractivity contribution is -0.137. The van der Waals surface area contributed by atoms with Crippen LogP contribution in [0.25, 0.3) is 0 Å². The monoisotopic (exact) mass is 332 g/mol. The topological polar surface area (TPSA) is 78.4 Å². The van der Waals surface area contributed by atoms with Crippen LogP contribution in [0, 0.1) is 5.82 Å². The van der Waals surface area contributed by atoms with E-state index in [4.69, 9.17) is 5.11 Å². The van der Waals surface area contributed by atoms with E-state index in [0.717, 1.165) is 4.47 Å². The number of hydrogen-bond acceptors (Lipinski definition) is 2. The number of aliphatic carboxylic acids is 1. The Labute approximate surface area is 118 Å². The number of benzene rings is 1. The van der Waals surface area contributed by atoms with Gasteiger partial charge in [-0.05, 0) is 24.6 Å². The Balaban J connectivity index is 2.30. The standard InChI is InChI=1S/C12H14BrFN2O3/c13-9-3-4-10(14)8(6-9)7-16-12(19)15-5-1-2-11(17)18/h3-4,6H,1-2,5,7H2,(H,17,18)(H2,15,16,19). The zero-order chi connectivity index (χ0) is 14.3. The van der Waals surface area contributed by atoms with E-state index in [-0.39, 0.29) is 19.5 Å². The van der Waals surface area contributed by atoms with E-state index in [2.05, 4.69) is 26.6 Å². The number of hydrogen-bond donors (Lipinski definition) is 3. The van der Waals surface area contributed by atoms with Gasteiger partial charge in [-0.15, -0.1) is 0 Å². The van der Waals surface area contributed by atoms with Gasteiger partial charge in [-0.25, -0.2) is 9.18 Å². The van der Waals surface area contributed by atoms with Crippen LogP contribution in [0.1, 0.15) is 18.4 Å². The SMILES string of the molecule is O=C(O)CCCNC(=O)NCc1cc(Br)ccc1F. The van der Waals surface area contributed by atoms with Crippen molar-refractivity contribution in [3.05, 3.63) is 34.1 Å². The Hall–Kier alpha value is -1.63. The van der Waals surface area contributed by atoms with E-state index in [1.807, 2.05) is 0 Å². The highest BCUT2D eigenvalue weighted by atomic mass is 79.9. The van der Waals surface area contributed by atoms with Crippen LogP contribution >= 0.6 is 15.9 Å². The molecule has 0 aliphatic heterocycles. The number of halogens is 2. The molecule has 0 heterocycles. The predicted molar refractivity (Wildman–Crippen MR) is 71.2 cm³/mol. The first kappa shape index (κ1) is 15.4. The Morgan fingerprint density at radius 3 is 2.74 bits per heavy atom. The minimum absolute atomic E-state index is 0.000536. The van der Waals surface area contributed by atoms with E-state index in [1.165, 1.54) is 6.07 Å². The quantitative estimate of drug-likeness (QED) is 0.699. The number of carboxylic acid groups (broad SMARTS) is 1. The average molecular weight is 333 g/mol. The predicted octanol–water partition coefficient (Wildman–Crippen LogP) is 2.25.